The molecule has 26 heavy (non-hydrogen) atoms. The fourth-order valence-corrected chi connectivity index (χ4v) is 2.80. The zero-order valence-electron chi connectivity index (χ0n) is 14.7. The fraction of sp³-hybridized carbons (Fsp3) is 0.278. The maximum Gasteiger partial charge on any atom is 1.00 e. The smallest absolute Gasteiger partial charge is 0.542 e. The van der Waals surface area contributed by atoms with Crippen LogP contribution in [0.1, 0.15) is 40.3 Å². The van der Waals surface area contributed by atoms with Gasteiger partial charge in [-0.05, 0) is 31.9 Å². The van der Waals surface area contributed by atoms with E-state index in [0.29, 0.717) is 41.2 Å². The summed E-state index contributed by atoms with van der Waals surface area (Å²) in [5, 5.41) is 15.2. The van der Waals surface area contributed by atoms with Crippen molar-refractivity contribution in [1.29, 1.82) is 0 Å². The first-order valence-corrected chi connectivity index (χ1v) is 7.93. The molecular formula is C18H17KN2O5. The number of hydrazone groups is 1. The van der Waals surface area contributed by atoms with Crippen molar-refractivity contribution in [2.45, 2.75) is 26.2 Å². The van der Waals surface area contributed by atoms with E-state index in [0.717, 1.165) is 6.42 Å². The molecule has 1 heterocycles. The first-order valence-electron chi connectivity index (χ1n) is 7.93. The summed E-state index contributed by atoms with van der Waals surface area (Å²) >= 11 is 0. The van der Waals surface area contributed by atoms with Crippen LogP contribution in [0.2, 0.25) is 0 Å². The van der Waals surface area contributed by atoms with Crippen LogP contribution in [0.15, 0.2) is 39.9 Å². The van der Waals surface area contributed by atoms with Crippen LogP contribution >= 0.6 is 0 Å². The monoisotopic (exact) mass is 380 g/mol. The Morgan fingerprint density at radius 2 is 2.00 bits per heavy atom. The molecule has 0 radical (unpaired) electrons. The molecule has 1 N–H and O–H groups in total. The number of aryl methyl sites for hydroxylation is 1. The number of furan rings is 1. The van der Waals surface area contributed by atoms with Crippen LogP contribution in [0.3, 0.4) is 0 Å². The van der Waals surface area contributed by atoms with Gasteiger partial charge in [-0.2, -0.15) is 5.10 Å². The number of amides is 1. The Kier molecular flexibility index (Phi) is 7.60. The molecule has 0 atom stereocenters. The van der Waals surface area contributed by atoms with Gasteiger partial charge in [-0.1, -0.05) is 18.2 Å². The second kappa shape index (κ2) is 9.47. The van der Waals surface area contributed by atoms with Gasteiger partial charge in [0.25, 0.3) is 5.91 Å². The summed E-state index contributed by atoms with van der Waals surface area (Å²) in [6.07, 6.45) is 2.02. The molecule has 0 bridgehead atoms. The van der Waals surface area contributed by atoms with Crippen LogP contribution in [-0.2, 0) is 11.2 Å². The van der Waals surface area contributed by atoms with Gasteiger partial charge in [0.05, 0.1) is 5.71 Å². The molecule has 0 fully saturated rings. The standard InChI is InChI=1S/C18H18N2O5.K/c1-11-16-13(8-5-9-14(16)25-17(11)18(22)23)19-20-15(21)10-24-12-6-3-2-4-7-12;/h2-4,6-7H,5,8-10H2,1H3,(H,20,21)(H,22,23);/q;+1/p-1/b19-13+;. The third kappa shape index (κ3) is 4.83. The van der Waals surface area contributed by atoms with Crippen LogP contribution in [0.25, 0.3) is 0 Å². The van der Waals surface area contributed by atoms with Gasteiger partial charge in [-0.25, -0.2) is 5.43 Å². The second-order valence-electron chi connectivity index (χ2n) is 5.69. The predicted octanol–water partition coefficient (Wildman–Crippen LogP) is -1.81. The van der Waals surface area contributed by atoms with Crippen LogP contribution < -0.4 is 66.7 Å². The third-order valence-electron chi connectivity index (χ3n) is 3.94. The van der Waals surface area contributed by atoms with Gasteiger partial charge in [-0.3, -0.25) is 4.79 Å². The Morgan fingerprint density at radius 3 is 2.69 bits per heavy atom. The number of rotatable bonds is 5. The number of carbonyl (C=O) groups is 2. The number of fused-ring (bicyclic) bond motifs is 1. The van der Waals surface area contributed by atoms with E-state index in [9.17, 15) is 14.7 Å². The summed E-state index contributed by atoms with van der Waals surface area (Å²) in [5.41, 5.74) is 4.17. The van der Waals surface area contributed by atoms with Gasteiger partial charge in [0.1, 0.15) is 17.5 Å². The largest absolute Gasteiger partial charge is 1.00 e. The van der Waals surface area contributed by atoms with Gasteiger partial charge in [0.2, 0.25) is 0 Å². The maximum atomic E-state index is 11.9. The minimum atomic E-state index is -1.36. The number of carboxylic acid groups (broad SMARTS) is 1. The molecule has 1 aromatic carbocycles. The van der Waals surface area contributed by atoms with E-state index < -0.39 is 11.9 Å². The summed E-state index contributed by atoms with van der Waals surface area (Å²) in [7, 11) is 0. The van der Waals surface area contributed by atoms with Crippen LogP contribution in [-0.4, -0.2) is 24.2 Å². The minimum Gasteiger partial charge on any atom is -0.542 e. The molecule has 0 spiro atoms. The average molecular weight is 380 g/mol. The Balaban J connectivity index is 0.00000243. The number of carbonyl (C=O) groups excluding carboxylic acids is 2. The van der Waals surface area contributed by atoms with E-state index in [2.05, 4.69) is 10.5 Å². The van der Waals surface area contributed by atoms with Crippen molar-refractivity contribution < 1.29 is 75.2 Å². The second-order valence-corrected chi connectivity index (χ2v) is 5.69. The molecule has 0 saturated carbocycles. The maximum absolute atomic E-state index is 11.9. The number of para-hydroxylation sites is 1. The van der Waals surface area contributed by atoms with Crippen LogP contribution in [0.5, 0.6) is 5.75 Å². The molecule has 0 unspecified atom stereocenters. The zero-order valence-corrected chi connectivity index (χ0v) is 17.8. The van der Waals surface area contributed by atoms with Crippen molar-refractivity contribution in [3.05, 3.63) is 53.0 Å². The minimum absolute atomic E-state index is 0. The molecule has 1 aromatic heterocycles. The van der Waals surface area contributed by atoms with Crippen LogP contribution in [0, 0.1) is 6.92 Å². The van der Waals surface area contributed by atoms with E-state index in [4.69, 9.17) is 9.15 Å². The molecule has 1 aliphatic rings. The molecule has 8 heteroatoms. The number of hydrogen-bond donors (Lipinski definition) is 1. The Labute approximate surface area is 193 Å². The van der Waals surface area contributed by atoms with E-state index in [1.165, 1.54) is 0 Å². The number of aromatic carboxylic acids is 1. The van der Waals surface area contributed by atoms with E-state index in [-0.39, 0.29) is 63.8 Å². The fourth-order valence-electron chi connectivity index (χ4n) is 2.80. The summed E-state index contributed by atoms with van der Waals surface area (Å²) in [6, 6.07) is 8.99. The number of ether oxygens (including phenoxy) is 1. The first kappa shape index (κ1) is 20.9. The van der Waals surface area contributed by atoms with Crippen molar-refractivity contribution >= 4 is 17.6 Å². The van der Waals surface area contributed by atoms with Crippen molar-refractivity contribution in [3.63, 3.8) is 0 Å². The Bertz CT molecular complexity index is 830. The summed E-state index contributed by atoms with van der Waals surface area (Å²) < 4.78 is 10.7. The molecule has 130 valence electrons. The van der Waals surface area contributed by atoms with Gasteiger partial charge < -0.3 is 19.1 Å². The molecule has 3 rings (SSSR count). The van der Waals surface area contributed by atoms with Gasteiger partial charge in [-0.15, -0.1) is 0 Å². The Morgan fingerprint density at radius 1 is 1.27 bits per heavy atom. The molecule has 2 aromatic rings. The van der Waals surface area contributed by atoms with E-state index >= 15 is 0 Å². The van der Waals surface area contributed by atoms with Crippen molar-refractivity contribution in [3.8, 4) is 5.75 Å². The summed E-state index contributed by atoms with van der Waals surface area (Å²) in [5.74, 6) is -0.777. The van der Waals surface area contributed by atoms with E-state index in [1.54, 1.807) is 19.1 Å². The topological polar surface area (TPSA) is 104 Å². The molecule has 1 amide bonds. The molecule has 0 saturated heterocycles. The van der Waals surface area contributed by atoms with Crippen molar-refractivity contribution in [2.24, 2.45) is 5.10 Å². The number of hydrogen-bond acceptors (Lipinski definition) is 6. The van der Waals surface area contributed by atoms with Crippen molar-refractivity contribution in [2.75, 3.05) is 6.61 Å². The first-order chi connectivity index (χ1) is 12.1. The summed E-state index contributed by atoms with van der Waals surface area (Å²) in [6.45, 7) is 1.48. The van der Waals surface area contributed by atoms with Crippen LogP contribution in [0.4, 0.5) is 0 Å². The van der Waals surface area contributed by atoms with Crippen molar-refractivity contribution in [1.82, 2.24) is 5.43 Å². The zero-order chi connectivity index (χ0) is 17.8. The summed E-state index contributed by atoms with van der Waals surface area (Å²) in [4.78, 5) is 23.0. The molecule has 1 aliphatic carbocycles. The predicted molar refractivity (Wildman–Crippen MR) is 87.3 cm³/mol. The molecular weight excluding hydrogens is 363 g/mol. The number of nitrogens with one attached hydrogen (secondary N) is 1. The van der Waals surface area contributed by atoms with Gasteiger partial charge in [0.15, 0.2) is 12.4 Å². The molecule has 0 aliphatic heterocycles. The number of nitrogens with zero attached hydrogens (tertiary/aromatic N) is 1. The molecule has 7 nitrogen and oxygen atoms in total. The SMILES string of the molecule is Cc1c(C(=O)[O-])oc2c1/C(=N/NC(=O)COc1ccccc1)CCC2.[K+]. The van der Waals surface area contributed by atoms with Gasteiger partial charge in [0, 0.05) is 17.5 Å². The number of benzene rings is 1. The third-order valence-corrected chi connectivity index (χ3v) is 3.94. The Hall–Kier alpha value is -1.45. The quantitative estimate of drug-likeness (QED) is 0.486. The number of carboxylic acids is 1. The normalized spacial score (nSPS) is 14.3. The average Bonchev–Trinajstić information content (AvgIpc) is 2.97. The van der Waals surface area contributed by atoms with E-state index in [1.807, 2.05) is 18.2 Å². The van der Waals surface area contributed by atoms with Gasteiger partial charge >= 0.3 is 51.4 Å².